The van der Waals surface area contributed by atoms with Gasteiger partial charge in [-0.3, -0.25) is 0 Å². The van der Waals surface area contributed by atoms with E-state index in [0.717, 1.165) is 7.11 Å². The molecule has 1 atom stereocenters. The quantitative estimate of drug-likeness (QED) is 0.671. The molecule has 0 heterocycles. The molecule has 0 saturated heterocycles. The second-order valence-corrected chi connectivity index (χ2v) is 5.70. The maximum absolute atomic E-state index is 12.0. The van der Waals surface area contributed by atoms with Crippen molar-refractivity contribution in [3.05, 3.63) is 29.8 Å². The molecular weight excluding hydrogens is 302 g/mol. The van der Waals surface area contributed by atoms with Crippen LogP contribution in [-0.2, 0) is 24.3 Å². The molecule has 0 aliphatic carbocycles. The Kier molecular flexibility index (Phi) is 5.82. The normalized spacial score (nSPS) is 12.7. The minimum absolute atomic E-state index is 0.101. The minimum Gasteiger partial charge on any atom is -0.479 e. The summed E-state index contributed by atoms with van der Waals surface area (Å²) in [5.41, 5.74) is 0.205. The number of nitrogens with one attached hydrogen (secondary N) is 1. The smallest absolute Gasteiger partial charge is 0.337 e. The summed E-state index contributed by atoms with van der Waals surface area (Å²) in [5.74, 6) is -1.86. The number of aliphatic carboxylic acids is 1. The number of carboxylic acid groups (broad SMARTS) is 1. The summed E-state index contributed by atoms with van der Waals surface area (Å²) < 4.78 is 35.1. The number of benzene rings is 1. The molecule has 1 rings (SSSR count). The summed E-state index contributed by atoms with van der Waals surface area (Å²) in [4.78, 5) is 21.9. The molecular formula is C12H15NO7S. The van der Waals surface area contributed by atoms with Crippen LogP contribution in [0.2, 0.25) is 0 Å². The SMILES string of the molecule is COC(=O)c1ccc(S(=O)(=O)NCC(OC)C(=O)O)cc1. The Morgan fingerprint density at radius 3 is 2.24 bits per heavy atom. The van der Waals surface area contributed by atoms with Gasteiger partial charge in [0.2, 0.25) is 10.0 Å². The Morgan fingerprint density at radius 2 is 1.81 bits per heavy atom. The predicted molar refractivity (Wildman–Crippen MR) is 71.4 cm³/mol. The third-order valence-electron chi connectivity index (χ3n) is 2.60. The molecule has 0 fully saturated rings. The summed E-state index contributed by atoms with van der Waals surface area (Å²) in [6, 6.07) is 5.03. The first-order chi connectivity index (χ1) is 9.81. The number of rotatable bonds is 7. The highest BCUT2D eigenvalue weighted by Crippen LogP contribution is 2.11. The summed E-state index contributed by atoms with van der Waals surface area (Å²) in [5, 5.41) is 8.75. The van der Waals surface area contributed by atoms with Gasteiger partial charge >= 0.3 is 11.9 Å². The van der Waals surface area contributed by atoms with E-state index in [0.29, 0.717) is 0 Å². The minimum atomic E-state index is -3.89. The van der Waals surface area contributed by atoms with Gasteiger partial charge in [0.15, 0.2) is 6.10 Å². The molecule has 1 unspecified atom stereocenters. The number of ether oxygens (including phenoxy) is 2. The number of carbonyl (C=O) groups excluding carboxylic acids is 1. The first-order valence-corrected chi connectivity index (χ1v) is 7.23. The third kappa shape index (κ3) is 4.52. The van der Waals surface area contributed by atoms with Crippen molar-refractivity contribution in [1.82, 2.24) is 4.72 Å². The highest BCUT2D eigenvalue weighted by molar-refractivity contribution is 7.89. The van der Waals surface area contributed by atoms with Crippen molar-refractivity contribution in [2.45, 2.75) is 11.0 Å². The van der Waals surface area contributed by atoms with Gasteiger partial charge in [-0.2, -0.15) is 0 Å². The van der Waals surface area contributed by atoms with Crippen LogP contribution < -0.4 is 4.72 Å². The largest absolute Gasteiger partial charge is 0.479 e. The van der Waals surface area contributed by atoms with Gasteiger partial charge in [0.05, 0.1) is 17.6 Å². The number of esters is 1. The van der Waals surface area contributed by atoms with Gasteiger partial charge in [-0.05, 0) is 24.3 Å². The van der Waals surface area contributed by atoms with Crippen LogP contribution in [0.25, 0.3) is 0 Å². The molecule has 0 aliphatic rings. The molecule has 1 aromatic rings. The monoisotopic (exact) mass is 317 g/mol. The van der Waals surface area contributed by atoms with E-state index in [1.165, 1.54) is 31.4 Å². The summed E-state index contributed by atoms with van der Waals surface area (Å²) in [6.07, 6.45) is -1.28. The van der Waals surface area contributed by atoms with E-state index < -0.39 is 34.6 Å². The summed E-state index contributed by atoms with van der Waals surface area (Å²) in [7, 11) is -1.52. The van der Waals surface area contributed by atoms with Gasteiger partial charge in [-0.15, -0.1) is 0 Å². The lowest BCUT2D eigenvalue weighted by Gasteiger charge is -2.12. The van der Waals surface area contributed by atoms with Gasteiger partial charge in [0.1, 0.15) is 0 Å². The van der Waals surface area contributed by atoms with Gasteiger partial charge in [0.25, 0.3) is 0 Å². The molecule has 1 aromatic carbocycles. The van der Waals surface area contributed by atoms with E-state index in [1.807, 2.05) is 0 Å². The maximum Gasteiger partial charge on any atom is 0.337 e. The van der Waals surface area contributed by atoms with E-state index in [4.69, 9.17) is 5.11 Å². The zero-order chi connectivity index (χ0) is 16.0. The first-order valence-electron chi connectivity index (χ1n) is 5.75. The van der Waals surface area contributed by atoms with Crippen molar-refractivity contribution in [1.29, 1.82) is 0 Å². The Bertz CT molecular complexity index is 609. The Balaban J connectivity index is 2.83. The van der Waals surface area contributed by atoms with E-state index >= 15 is 0 Å². The van der Waals surface area contributed by atoms with Crippen molar-refractivity contribution in [2.24, 2.45) is 0 Å². The molecule has 2 N–H and O–H groups in total. The second-order valence-electron chi connectivity index (χ2n) is 3.93. The second kappa shape index (κ2) is 7.16. The lowest BCUT2D eigenvalue weighted by Crippen LogP contribution is -2.37. The molecule has 0 aliphatic heterocycles. The van der Waals surface area contributed by atoms with Crippen molar-refractivity contribution in [2.75, 3.05) is 20.8 Å². The molecule has 116 valence electrons. The molecule has 8 nitrogen and oxygen atoms in total. The fourth-order valence-electron chi connectivity index (χ4n) is 1.43. The number of hydrogen-bond acceptors (Lipinski definition) is 6. The van der Waals surface area contributed by atoms with E-state index in [1.54, 1.807) is 0 Å². The Hall–Kier alpha value is -1.97. The highest BCUT2D eigenvalue weighted by Gasteiger charge is 2.21. The fourth-order valence-corrected chi connectivity index (χ4v) is 2.46. The van der Waals surface area contributed by atoms with E-state index in [9.17, 15) is 18.0 Å². The Morgan fingerprint density at radius 1 is 1.24 bits per heavy atom. The summed E-state index contributed by atoms with van der Waals surface area (Å²) >= 11 is 0. The third-order valence-corrected chi connectivity index (χ3v) is 4.04. The standard InChI is InChI=1S/C12H15NO7S/c1-19-10(11(14)15)7-13-21(17,18)9-5-3-8(4-6-9)12(16)20-2/h3-6,10,13H,7H2,1-2H3,(H,14,15). The molecule has 21 heavy (non-hydrogen) atoms. The van der Waals surface area contributed by atoms with Crippen LogP contribution in [0.1, 0.15) is 10.4 Å². The zero-order valence-corrected chi connectivity index (χ0v) is 12.2. The zero-order valence-electron chi connectivity index (χ0n) is 11.4. The molecule has 0 aromatic heterocycles. The van der Waals surface area contributed by atoms with Gasteiger partial charge in [-0.1, -0.05) is 0 Å². The van der Waals surface area contributed by atoms with Crippen molar-refractivity contribution in [3.63, 3.8) is 0 Å². The average Bonchev–Trinajstić information content (AvgIpc) is 2.46. The fraction of sp³-hybridized carbons (Fsp3) is 0.333. The van der Waals surface area contributed by atoms with Gasteiger partial charge < -0.3 is 14.6 Å². The average molecular weight is 317 g/mol. The highest BCUT2D eigenvalue weighted by atomic mass is 32.2. The van der Waals surface area contributed by atoms with Crippen LogP contribution in [-0.4, -0.2) is 52.3 Å². The van der Waals surface area contributed by atoms with Crippen LogP contribution in [0.15, 0.2) is 29.2 Å². The van der Waals surface area contributed by atoms with Crippen LogP contribution in [0.4, 0.5) is 0 Å². The van der Waals surface area contributed by atoms with Crippen LogP contribution >= 0.6 is 0 Å². The first kappa shape index (κ1) is 17.1. The number of methoxy groups -OCH3 is 2. The van der Waals surface area contributed by atoms with Crippen molar-refractivity contribution in [3.8, 4) is 0 Å². The number of carbonyl (C=O) groups is 2. The van der Waals surface area contributed by atoms with Crippen molar-refractivity contribution < 1.29 is 32.6 Å². The molecule has 0 radical (unpaired) electrons. The summed E-state index contributed by atoms with van der Waals surface area (Å²) in [6.45, 7) is -0.410. The topological polar surface area (TPSA) is 119 Å². The van der Waals surface area contributed by atoms with Crippen molar-refractivity contribution >= 4 is 22.0 Å². The molecule has 9 heteroatoms. The molecule has 0 spiro atoms. The van der Waals surface area contributed by atoms with E-state index in [2.05, 4.69) is 14.2 Å². The maximum atomic E-state index is 12.0. The van der Waals surface area contributed by atoms with Crippen LogP contribution in [0, 0.1) is 0 Å². The lowest BCUT2D eigenvalue weighted by atomic mass is 10.2. The van der Waals surface area contributed by atoms with Crippen LogP contribution in [0.3, 0.4) is 0 Å². The van der Waals surface area contributed by atoms with Gasteiger partial charge in [0, 0.05) is 13.7 Å². The van der Waals surface area contributed by atoms with Gasteiger partial charge in [-0.25, -0.2) is 22.7 Å². The number of carboxylic acids is 1. The Labute approximate surface area is 121 Å². The number of sulfonamides is 1. The number of hydrogen-bond donors (Lipinski definition) is 2. The van der Waals surface area contributed by atoms with E-state index in [-0.39, 0.29) is 10.5 Å². The molecule has 0 saturated carbocycles. The molecule has 0 amide bonds. The molecule has 0 bridgehead atoms. The lowest BCUT2D eigenvalue weighted by molar-refractivity contribution is -0.147. The van der Waals surface area contributed by atoms with Crippen LogP contribution in [0.5, 0.6) is 0 Å². The predicted octanol–water partition coefficient (Wildman–Crippen LogP) is -0.149.